The molecular formula is C6H12Ac5NO5-. The van der Waals surface area contributed by atoms with E-state index < -0.39 is 37.3 Å². The summed E-state index contributed by atoms with van der Waals surface area (Å²) in [5, 5.41) is 35.9. The van der Waals surface area contributed by atoms with Crippen LogP contribution in [0.25, 0.3) is 5.73 Å². The summed E-state index contributed by atoms with van der Waals surface area (Å²) in [5.74, 6) is 0. The first-order valence-corrected chi connectivity index (χ1v) is 3.59. The molecule has 0 aliphatic carbocycles. The molecule has 0 aromatic rings. The van der Waals surface area contributed by atoms with Gasteiger partial charge in [-0.3, -0.25) is 0 Å². The van der Waals surface area contributed by atoms with E-state index in [0.717, 1.165) is 0 Å². The monoisotopic (exact) mass is 1310 g/mol. The average molecular weight is 1310 g/mol. The van der Waals surface area contributed by atoms with Crippen LogP contribution in [0.1, 0.15) is 0 Å². The molecule has 5 radical (unpaired) electrons. The van der Waals surface area contributed by atoms with Crippen LogP contribution in [0.3, 0.4) is 0 Å². The predicted octanol–water partition coefficient (Wildman–Crippen LogP) is -2.16. The average Bonchev–Trinajstić information content (AvgIpc) is 2.08. The normalized spacial score (nSPS) is 34.8. The van der Waals surface area contributed by atoms with Crippen LogP contribution in [0.5, 0.6) is 0 Å². The van der Waals surface area contributed by atoms with Gasteiger partial charge in [0.15, 0.2) is 0 Å². The third-order valence-corrected chi connectivity index (χ3v) is 1.90. The predicted molar refractivity (Wildman–Crippen MR) is 38.1 cm³/mol. The van der Waals surface area contributed by atoms with Gasteiger partial charge in [0, 0.05) is 220 Å². The van der Waals surface area contributed by atoms with Crippen LogP contribution in [-0.2, 0) is 4.74 Å². The maximum Gasteiger partial charge on any atom is 0.141 e. The molecular weight excluding hydrogens is 1300 g/mol. The standard InChI is InChI=1S/C6H12NO5.5Ac/c7-3-5(10)4(9)2(1-8)12-6(3)11;;;;;/h2-11H,1H2;;;;;/q-1;;;;;/t2?,3?,4-,5-,6+;;;;;/m0...../s1. The van der Waals surface area contributed by atoms with E-state index in [9.17, 15) is 0 Å². The van der Waals surface area contributed by atoms with E-state index in [1.54, 1.807) is 0 Å². The number of aliphatic hydroxyl groups is 4. The van der Waals surface area contributed by atoms with E-state index in [-0.39, 0.29) is 220 Å². The minimum atomic E-state index is -1.46. The second-order valence-corrected chi connectivity index (χ2v) is 2.75. The molecule has 1 rings (SSSR count). The van der Waals surface area contributed by atoms with Gasteiger partial charge in [0.2, 0.25) is 0 Å². The molecule has 0 amide bonds. The molecule has 0 bridgehead atoms. The van der Waals surface area contributed by atoms with Gasteiger partial charge in [-0.2, -0.15) is 0 Å². The number of nitrogens with one attached hydrogen (secondary N) is 1. The summed E-state index contributed by atoms with van der Waals surface area (Å²) in [6.07, 6.45) is -5.18. The van der Waals surface area contributed by atoms with Crippen molar-refractivity contribution >= 4 is 0 Å². The van der Waals surface area contributed by atoms with E-state index in [0.29, 0.717) is 0 Å². The Morgan fingerprint density at radius 1 is 0.882 bits per heavy atom. The maximum absolute atomic E-state index is 9.16. The number of ether oxygens (including phenoxy) is 1. The first kappa shape index (κ1) is 35.1. The molecule has 87 valence electrons. The number of rotatable bonds is 1. The quantitative estimate of drug-likeness (QED) is 0.240. The molecule has 1 heterocycles. The molecule has 0 spiro atoms. The van der Waals surface area contributed by atoms with E-state index in [1.807, 2.05) is 0 Å². The third kappa shape index (κ3) is 12.0. The van der Waals surface area contributed by atoms with Gasteiger partial charge in [-0.15, -0.1) is 0 Å². The topological polar surface area (TPSA) is 114 Å². The van der Waals surface area contributed by atoms with Crippen LogP contribution >= 0.6 is 0 Å². The molecule has 1 saturated heterocycles. The minimum absolute atomic E-state index is 0. The van der Waals surface area contributed by atoms with Crippen LogP contribution in [0.15, 0.2) is 0 Å². The fourth-order valence-corrected chi connectivity index (χ4v) is 1.10. The van der Waals surface area contributed by atoms with Crippen LogP contribution in [-0.4, -0.2) is 57.7 Å². The second kappa shape index (κ2) is 19.3. The molecule has 0 saturated carbocycles. The Morgan fingerprint density at radius 2 is 1.29 bits per heavy atom. The second-order valence-electron chi connectivity index (χ2n) is 2.75. The third-order valence-electron chi connectivity index (χ3n) is 1.90. The summed E-state index contributed by atoms with van der Waals surface area (Å²) < 4.78 is 4.64. The van der Waals surface area contributed by atoms with Crippen molar-refractivity contribution in [1.82, 2.24) is 0 Å². The van der Waals surface area contributed by atoms with E-state index >= 15 is 0 Å². The summed E-state index contributed by atoms with van der Waals surface area (Å²) >= 11 is 0. The van der Waals surface area contributed by atoms with Crippen LogP contribution in [0.2, 0.25) is 0 Å². The van der Waals surface area contributed by atoms with Crippen molar-refractivity contribution in [3.63, 3.8) is 0 Å². The molecule has 0 aromatic carbocycles. The SMILES string of the molecule is [Ac].[Ac].[Ac].[Ac].[Ac].[NH-]C1[C@H](O)OC(CO)[C@H](O)[C@H]1O. The zero-order chi connectivity index (χ0) is 9.30. The van der Waals surface area contributed by atoms with E-state index in [2.05, 4.69) is 4.74 Å². The molecule has 1 fully saturated rings. The van der Waals surface area contributed by atoms with Crippen molar-refractivity contribution in [1.29, 1.82) is 0 Å². The van der Waals surface area contributed by atoms with Gasteiger partial charge in [-0.05, 0) is 0 Å². The maximum atomic E-state index is 9.16. The molecule has 1 aliphatic rings. The largest absolute Gasteiger partial charge is 0.668 e. The van der Waals surface area contributed by atoms with Crippen LogP contribution in [0, 0.1) is 220 Å². The zero-order valence-corrected chi connectivity index (χ0v) is 32.9. The molecule has 5 N–H and O–H groups in total. The number of hydrogen-bond acceptors (Lipinski definition) is 5. The van der Waals surface area contributed by atoms with Gasteiger partial charge in [0.25, 0.3) is 0 Å². The molecule has 0 aromatic heterocycles. The van der Waals surface area contributed by atoms with Gasteiger partial charge < -0.3 is 30.9 Å². The summed E-state index contributed by atoms with van der Waals surface area (Å²) in [5.41, 5.74) is 7.11. The summed E-state index contributed by atoms with van der Waals surface area (Å²) in [4.78, 5) is 0. The fourth-order valence-electron chi connectivity index (χ4n) is 1.10. The Kier molecular flexibility index (Phi) is 39.9. The fraction of sp³-hybridized carbons (Fsp3) is 1.00. The van der Waals surface area contributed by atoms with Crippen molar-refractivity contribution in [2.24, 2.45) is 0 Å². The Morgan fingerprint density at radius 3 is 1.65 bits per heavy atom. The van der Waals surface area contributed by atoms with Gasteiger partial charge in [0.1, 0.15) is 18.5 Å². The summed E-state index contributed by atoms with van der Waals surface area (Å²) in [6.45, 7) is -0.498. The first-order chi connectivity index (χ1) is 5.57. The molecule has 5 atom stereocenters. The zero-order valence-electron chi connectivity index (χ0n) is 9.18. The van der Waals surface area contributed by atoms with Crippen LogP contribution in [0.4, 0.5) is 0 Å². The molecule has 11 heteroatoms. The molecule has 17 heavy (non-hydrogen) atoms. The van der Waals surface area contributed by atoms with Gasteiger partial charge in [-0.1, -0.05) is 6.04 Å². The van der Waals surface area contributed by atoms with E-state index in [4.69, 9.17) is 26.2 Å². The van der Waals surface area contributed by atoms with Gasteiger partial charge in [0.05, 0.1) is 12.7 Å². The van der Waals surface area contributed by atoms with Gasteiger partial charge >= 0.3 is 0 Å². The summed E-state index contributed by atoms with van der Waals surface area (Å²) in [7, 11) is 0. The number of hydrogen-bond donors (Lipinski definition) is 4. The van der Waals surface area contributed by atoms with Crippen molar-refractivity contribution < 1.29 is 245 Å². The number of aliphatic hydroxyl groups excluding tert-OH is 4. The first-order valence-electron chi connectivity index (χ1n) is 3.59. The molecule has 2 unspecified atom stereocenters. The van der Waals surface area contributed by atoms with Crippen molar-refractivity contribution in [2.75, 3.05) is 6.61 Å². The van der Waals surface area contributed by atoms with Crippen molar-refractivity contribution in [2.45, 2.75) is 30.6 Å². The Balaban J connectivity index is -0.0000000960. The van der Waals surface area contributed by atoms with Crippen molar-refractivity contribution in [3.05, 3.63) is 5.73 Å². The van der Waals surface area contributed by atoms with E-state index in [1.165, 1.54) is 0 Å². The summed E-state index contributed by atoms with van der Waals surface area (Å²) in [6, 6.07) is -1.29. The smallest absolute Gasteiger partial charge is 0.141 e. The Hall–Kier alpha value is 6.97. The molecule has 1 aliphatic heterocycles. The Labute approximate surface area is 279 Å². The minimum Gasteiger partial charge on any atom is -0.668 e. The Bertz CT molecular complexity index is 165. The van der Waals surface area contributed by atoms with Crippen molar-refractivity contribution in [3.8, 4) is 0 Å². The van der Waals surface area contributed by atoms with Gasteiger partial charge in [-0.25, -0.2) is 0 Å². The van der Waals surface area contributed by atoms with Crippen LogP contribution < -0.4 is 0 Å². The molecule has 6 nitrogen and oxygen atoms in total.